The average molecular weight is 370 g/mol. The van der Waals surface area contributed by atoms with Gasteiger partial charge in [0.15, 0.2) is 0 Å². The molecule has 5 nitrogen and oxygen atoms in total. The van der Waals surface area contributed by atoms with Gasteiger partial charge in [-0.25, -0.2) is 9.59 Å². The summed E-state index contributed by atoms with van der Waals surface area (Å²) in [6.45, 7) is 0. The molecule has 3 aromatic rings. The van der Waals surface area contributed by atoms with E-state index in [9.17, 15) is 9.59 Å². The first-order valence-corrected chi connectivity index (χ1v) is 8.18. The molecular formula is C20H16ClNO4. The normalized spacial score (nSPS) is 10.4. The molecule has 0 unspecified atom stereocenters. The lowest BCUT2D eigenvalue weighted by Gasteiger charge is -2.09. The van der Waals surface area contributed by atoms with E-state index in [1.165, 1.54) is 14.2 Å². The maximum atomic E-state index is 12.5. The van der Waals surface area contributed by atoms with Gasteiger partial charge in [-0.05, 0) is 29.8 Å². The molecule has 6 heteroatoms. The van der Waals surface area contributed by atoms with Crippen LogP contribution in [-0.4, -0.2) is 30.7 Å². The Bertz CT molecular complexity index is 946. The van der Waals surface area contributed by atoms with Crippen LogP contribution in [0.3, 0.4) is 0 Å². The van der Waals surface area contributed by atoms with E-state index >= 15 is 0 Å². The molecule has 0 fully saturated rings. The number of hydrogen-bond acceptors (Lipinski definition) is 4. The van der Waals surface area contributed by atoms with Gasteiger partial charge in [0.05, 0.1) is 14.2 Å². The van der Waals surface area contributed by atoms with E-state index in [1.807, 2.05) is 30.3 Å². The smallest absolute Gasteiger partial charge is 0.355 e. The van der Waals surface area contributed by atoms with Crippen molar-refractivity contribution < 1.29 is 19.1 Å². The molecule has 0 N–H and O–H groups in total. The van der Waals surface area contributed by atoms with E-state index in [2.05, 4.69) is 0 Å². The fourth-order valence-corrected chi connectivity index (χ4v) is 2.88. The second-order valence-corrected chi connectivity index (χ2v) is 5.90. The number of ether oxygens (including phenoxy) is 2. The van der Waals surface area contributed by atoms with E-state index in [0.29, 0.717) is 16.3 Å². The van der Waals surface area contributed by atoms with Crippen LogP contribution in [0.15, 0.2) is 60.8 Å². The van der Waals surface area contributed by atoms with Crippen molar-refractivity contribution in [3.8, 4) is 16.8 Å². The molecule has 0 amide bonds. The first-order valence-electron chi connectivity index (χ1n) is 7.80. The molecule has 0 atom stereocenters. The molecule has 2 aromatic carbocycles. The van der Waals surface area contributed by atoms with Gasteiger partial charge in [0, 0.05) is 22.5 Å². The van der Waals surface area contributed by atoms with Crippen LogP contribution >= 0.6 is 11.6 Å². The Kier molecular flexibility index (Phi) is 5.09. The highest BCUT2D eigenvalue weighted by molar-refractivity contribution is 6.30. The van der Waals surface area contributed by atoms with Crippen LogP contribution in [0.4, 0.5) is 0 Å². The summed E-state index contributed by atoms with van der Waals surface area (Å²) in [5.74, 6) is -1.25. The summed E-state index contributed by atoms with van der Waals surface area (Å²) in [5, 5.41) is 0.567. The van der Waals surface area contributed by atoms with E-state index < -0.39 is 11.9 Å². The number of aromatic nitrogens is 1. The number of nitrogens with zero attached hydrogens (tertiary/aromatic N) is 1. The molecule has 0 saturated heterocycles. The third-order valence-electron chi connectivity index (χ3n) is 3.96. The van der Waals surface area contributed by atoms with Gasteiger partial charge in [-0.15, -0.1) is 0 Å². The van der Waals surface area contributed by atoms with Crippen molar-refractivity contribution in [2.45, 2.75) is 0 Å². The second-order valence-electron chi connectivity index (χ2n) is 5.46. The van der Waals surface area contributed by atoms with Crippen LogP contribution in [-0.2, 0) is 9.47 Å². The lowest BCUT2D eigenvalue weighted by atomic mass is 10.0. The molecule has 3 rings (SSSR count). The summed E-state index contributed by atoms with van der Waals surface area (Å²) in [7, 11) is 2.54. The third-order valence-corrected chi connectivity index (χ3v) is 4.22. The molecular weight excluding hydrogens is 354 g/mol. The summed E-state index contributed by atoms with van der Waals surface area (Å²) < 4.78 is 11.4. The van der Waals surface area contributed by atoms with Crippen molar-refractivity contribution >= 4 is 23.5 Å². The highest BCUT2D eigenvalue weighted by Crippen LogP contribution is 2.32. The molecule has 0 spiro atoms. The molecule has 132 valence electrons. The highest BCUT2D eigenvalue weighted by atomic mass is 35.5. The number of rotatable bonds is 4. The molecule has 0 aliphatic heterocycles. The van der Waals surface area contributed by atoms with Crippen molar-refractivity contribution in [1.29, 1.82) is 0 Å². The third kappa shape index (κ3) is 3.21. The van der Waals surface area contributed by atoms with Crippen LogP contribution in [0.1, 0.15) is 20.8 Å². The number of hydrogen-bond donors (Lipinski definition) is 0. The van der Waals surface area contributed by atoms with Gasteiger partial charge >= 0.3 is 11.9 Å². The predicted octanol–water partition coefficient (Wildman–Crippen LogP) is 4.37. The highest BCUT2D eigenvalue weighted by Gasteiger charge is 2.29. The molecule has 1 aromatic heterocycles. The van der Waals surface area contributed by atoms with Gasteiger partial charge in [0.25, 0.3) is 0 Å². The minimum atomic E-state index is -0.637. The molecule has 0 aliphatic rings. The van der Waals surface area contributed by atoms with E-state index in [0.717, 1.165) is 5.56 Å². The number of esters is 2. The Morgan fingerprint density at radius 2 is 1.50 bits per heavy atom. The van der Waals surface area contributed by atoms with Gasteiger partial charge in [-0.2, -0.15) is 0 Å². The van der Waals surface area contributed by atoms with E-state index in [1.54, 1.807) is 35.0 Å². The molecule has 26 heavy (non-hydrogen) atoms. The average Bonchev–Trinajstić information content (AvgIpc) is 3.08. The van der Waals surface area contributed by atoms with Crippen LogP contribution in [0.25, 0.3) is 16.8 Å². The van der Waals surface area contributed by atoms with Crippen molar-refractivity contribution in [3.05, 3.63) is 77.1 Å². The number of halogens is 1. The second kappa shape index (κ2) is 7.45. The van der Waals surface area contributed by atoms with Gasteiger partial charge < -0.3 is 14.0 Å². The molecule has 0 bridgehead atoms. The fraction of sp³-hybridized carbons (Fsp3) is 0.100. The van der Waals surface area contributed by atoms with Crippen LogP contribution in [0.2, 0.25) is 5.02 Å². The Morgan fingerprint density at radius 1 is 0.885 bits per heavy atom. The van der Waals surface area contributed by atoms with E-state index in [-0.39, 0.29) is 11.3 Å². The quantitative estimate of drug-likeness (QED) is 0.641. The molecule has 0 aliphatic carbocycles. The largest absolute Gasteiger partial charge is 0.465 e. The molecule has 0 saturated carbocycles. The number of methoxy groups -OCH3 is 2. The van der Waals surface area contributed by atoms with Crippen molar-refractivity contribution in [3.63, 3.8) is 0 Å². The molecule has 1 heterocycles. The standard InChI is InChI=1S/C20H16ClNO4/c1-25-19(23)17-16(13-6-4-3-5-7-13)12-22(18(17)20(24)26-2)15-10-8-14(21)9-11-15/h3-12H,1-2H3. The van der Waals surface area contributed by atoms with Crippen molar-refractivity contribution in [2.75, 3.05) is 14.2 Å². The summed E-state index contributed by atoms with van der Waals surface area (Å²) in [5.41, 5.74) is 2.28. The summed E-state index contributed by atoms with van der Waals surface area (Å²) >= 11 is 5.96. The topological polar surface area (TPSA) is 57.5 Å². The maximum absolute atomic E-state index is 12.5. The van der Waals surface area contributed by atoms with Gasteiger partial charge in [0.1, 0.15) is 11.3 Å². The monoisotopic (exact) mass is 369 g/mol. The number of carbonyl (C=O) groups is 2. The predicted molar refractivity (Wildman–Crippen MR) is 98.9 cm³/mol. The van der Waals surface area contributed by atoms with Crippen LogP contribution in [0, 0.1) is 0 Å². The van der Waals surface area contributed by atoms with Gasteiger partial charge in [0.2, 0.25) is 0 Å². The Balaban J connectivity index is 2.33. The maximum Gasteiger partial charge on any atom is 0.355 e. The zero-order valence-electron chi connectivity index (χ0n) is 14.2. The van der Waals surface area contributed by atoms with Crippen LogP contribution < -0.4 is 0 Å². The van der Waals surface area contributed by atoms with Crippen LogP contribution in [0.5, 0.6) is 0 Å². The first-order chi connectivity index (χ1) is 12.6. The summed E-state index contributed by atoms with van der Waals surface area (Å²) in [4.78, 5) is 25.0. The van der Waals surface area contributed by atoms with E-state index in [4.69, 9.17) is 21.1 Å². The fourth-order valence-electron chi connectivity index (χ4n) is 2.75. The number of carbonyl (C=O) groups excluding carboxylic acids is 2. The Morgan fingerprint density at radius 3 is 2.08 bits per heavy atom. The van der Waals surface area contributed by atoms with Crippen molar-refractivity contribution in [2.24, 2.45) is 0 Å². The SMILES string of the molecule is COC(=O)c1c(-c2ccccc2)cn(-c2ccc(Cl)cc2)c1C(=O)OC. The Hall–Kier alpha value is -3.05. The van der Waals surface area contributed by atoms with Crippen molar-refractivity contribution in [1.82, 2.24) is 4.57 Å². The minimum Gasteiger partial charge on any atom is -0.465 e. The minimum absolute atomic E-state index is 0.0977. The Labute approximate surface area is 155 Å². The lowest BCUT2D eigenvalue weighted by Crippen LogP contribution is -2.15. The lowest BCUT2D eigenvalue weighted by molar-refractivity contribution is 0.0550. The number of benzene rings is 2. The zero-order valence-corrected chi connectivity index (χ0v) is 15.0. The summed E-state index contributed by atoms with van der Waals surface area (Å²) in [6, 6.07) is 16.2. The van der Waals surface area contributed by atoms with Gasteiger partial charge in [-0.3, -0.25) is 0 Å². The zero-order chi connectivity index (χ0) is 18.7. The first kappa shape index (κ1) is 17.8. The van der Waals surface area contributed by atoms with Gasteiger partial charge in [-0.1, -0.05) is 41.9 Å². The molecule has 0 radical (unpaired) electrons. The summed E-state index contributed by atoms with van der Waals surface area (Å²) in [6.07, 6.45) is 1.72.